The van der Waals surface area contributed by atoms with Gasteiger partial charge in [0.2, 0.25) is 5.91 Å². The van der Waals surface area contributed by atoms with E-state index in [0.717, 1.165) is 25.9 Å². The van der Waals surface area contributed by atoms with Crippen molar-refractivity contribution in [2.24, 2.45) is 5.92 Å². The molecule has 1 aromatic carbocycles. The highest BCUT2D eigenvalue weighted by atomic mass is 19.1. The largest absolute Gasteiger partial charge is 0.325 e. The summed E-state index contributed by atoms with van der Waals surface area (Å²) in [4.78, 5) is 23.4. The Hall–Kier alpha value is -2.21. The van der Waals surface area contributed by atoms with E-state index in [-0.39, 0.29) is 17.6 Å². The van der Waals surface area contributed by atoms with Crippen LogP contribution >= 0.6 is 0 Å². The summed E-state index contributed by atoms with van der Waals surface area (Å²) in [6.07, 6.45) is 4.40. The van der Waals surface area contributed by atoms with E-state index in [4.69, 9.17) is 0 Å². The van der Waals surface area contributed by atoms with Crippen molar-refractivity contribution in [2.45, 2.75) is 12.8 Å². The molecule has 6 heteroatoms. The molecule has 3 N–H and O–H groups in total. The van der Waals surface area contributed by atoms with E-state index < -0.39 is 6.03 Å². The number of amides is 3. The quantitative estimate of drug-likeness (QED) is 0.792. The lowest BCUT2D eigenvalue weighted by atomic mass is 9.97. The van der Waals surface area contributed by atoms with Gasteiger partial charge in [-0.1, -0.05) is 12.1 Å². The van der Waals surface area contributed by atoms with E-state index in [1.165, 1.54) is 18.3 Å². The van der Waals surface area contributed by atoms with Crippen molar-refractivity contribution in [1.29, 1.82) is 0 Å². The number of hydrogen-bond acceptors (Lipinski definition) is 3. The van der Waals surface area contributed by atoms with Gasteiger partial charge in [0.15, 0.2) is 0 Å². The molecule has 0 unspecified atom stereocenters. The van der Waals surface area contributed by atoms with E-state index in [2.05, 4.69) is 16.0 Å². The molecule has 2 rings (SSSR count). The Balaban J connectivity index is 1.77. The zero-order chi connectivity index (χ0) is 15.1. The average Bonchev–Trinajstić information content (AvgIpc) is 2.48. The molecule has 1 aromatic rings. The number of rotatable bonds is 3. The lowest BCUT2D eigenvalue weighted by Gasteiger charge is -2.21. The third kappa shape index (κ3) is 5.00. The Morgan fingerprint density at radius 1 is 1.29 bits per heavy atom. The van der Waals surface area contributed by atoms with Gasteiger partial charge >= 0.3 is 6.03 Å². The molecule has 0 bridgehead atoms. The summed E-state index contributed by atoms with van der Waals surface area (Å²) in [5, 5.41) is 7.89. The topological polar surface area (TPSA) is 70.2 Å². The van der Waals surface area contributed by atoms with Gasteiger partial charge in [0, 0.05) is 12.1 Å². The number of hydrogen-bond donors (Lipinski definition) is 3. The smallest absolute Gasteiger partial charge is 0.317 e. The lowest BCUT2D eigenvalue weighted by Crippen LogP contribution is -2.43. The molecular weight excluding hydrogens is 273 g/mol. The van der Waals surface area contributed by atoms with Gasteiger partial charge in [-0.15, -0.1) is 0 Å². The van der Waals surface area contributed by atoms with Crippen LogP contribution in [0.5, 0.6) is 0 Å². The van der Waals surface area contributed by atoms with E-state index >= 15 is 0 Å². The Morgan fingerprint density at radius 2 is 2.05 bits per heavy atom. The molecule has 1 heterocycles. The second-order valence-corrected chi connectivity index (χ2v) is 4.88. The summed E-state index contributed by atoms with van der Waals surface area (Å²) in [7, 11) is 0. The molecule has 1 aliphatic heterocycles. The Morgan fingerprint density at radius 3 is 2.76 bits per heavy atom. The molecule has 0 atom stereocenters. The van der Waals surface area contributed by atoms with Crippen LogP contribution in [0.1, 0.15) is 18.4 Å². The molecule has 1 saturated heterocycles. The summed E-state index contributed by atoms with van der Waals surface area (Å²) < 4.78 is 12.9. The summed E-state index contributed by atoms with van der Waals surface area (Å²) in [5.74, 6) is -0.722. The van der Waals surface area contributed by atoms with Crippen LogP contribution in [0.2, 0.25) is 0 Å². The molecule has 1 aliphatic rings. The van der Waals surface area contributed by atoms with Crippen LogP contribution in [0.4, 0.5) is 9.18 Å². The van der Waals surface area contributed by atoms with Crippen molar-refractivity contribution in [3.63, 3.8) is 0 Å². The molecule has 112 valence electrons. The first-order valence-electron chi connectivity index (χ1n) is 6.89. The summed E-state index contributed by atoms with van der Waals surface area (Å²) in [6.45, 7) is 1.58. The summed E-state index contributed by atoms with van der Waals surface area (Å²) in [5.41, 5.74) is 0.625. The predicted molar refractivity (Wildman–Crippen MR) is 77.7 cm³/mol. The van der Waals surface area contributed by atoms with Crippen molar-refractivity contribution in [3.05, 3.63) is 41.8 Å². The van der Waals surface area contributed by atoms with Crippen LogP contribution in [0, 0.1) is 11.7 Å². The highest BCUT2D eigenvalue weighted by Crippen LogP contribution is 2.11. The first kappa shape index (κ1) is 15.2. The van der Waals surface area contributed by atoms with Crippen LogP contribution in [0.15, 0.2) is 30.5 Å². The maximum atomic E-state index is 12.9. The van der Waals surface area contributed by atoms with Crippen molar-refractivity contribution in [2.75, 3.05) is 13.1 Å². The normalized spacial score (nSPS) is 15.9. The number of imide groups is 1. The molecule has 0 spiro atoms. The lowest BCUT2D eigenvalue weighted by molar-refractivity contribution is -0.124. The Labute approximate surface area is 122 Å². The minimum atomic E-state index is -0.578. The third-order valence-electron chi connectivity index (χ3n) is 3.29. The number of piperidine rings is 1. The Kier molecular flexibility index (Phi) is 5.45. The van der Waals surface area contributed by atoms with E-state index in [1.54, 1.807) is 18.2 Å². The van der Waals surface area contributed by atoms with Crippen LogP contribution in [0.3, 0.4) is 0 Å². The number of nitrogens with one attached hydrogen (secondary N) is 3. The van der Waals surface area contributed by atoms with Gasteiger partial charge < -0.3 is 10.6 Å². The van der Waals surface area contributed by atoms with Crippen LogP contribution in [-0.4, -0.2) is 25.0 Å². The van der Waals surface area contributed by atoms with E-state index in [9.17, 15) is 14.0 Å². The molecule has 0 radical (unpaired) electrons. The van der Waals surface area contributed by atoms with Gasteiger partial charge in [-0.3, -0.25) is 10.1 Å². The number of benzene rings is 1. The molecular formula is C15H18FN3O2. The SMILES string of the molecule is O=C(N/C=C/c1cccc(F)c1)NC(=O)C1CCNCC1. The minimum Gasteiger partial charge on any atom is -0.317 e. The zero-order valence-electron chi connectivity index (χ0n) is 11.6. The predicted octanol–water partition coefficient (Wildman–Crippen LogP) is 1.62. The maximum absolute atomic E-state index is 12.9. The average molecular weight is 291 g/mol. The van der Waals surface area contributed by atoms with Gasteiger partial charge in [0.05, 0.1) is 0 Å². The van der Waals surface area contributed by atoms with Crippen molar-refractivity contribution in [1.82, 2.24) is 16.0 Å². The third-order valence-corrected chi connectivity index (χ3v) is 3.29. The van der Waals surface area contributed by atoms with E-state index in [0.29, 0.717) is 5.56 Å². The fraction of sp³-hybridized carbons (Fsp3) is 0.333. The molecule has 0 aromatic heterocycles. The van der Waals surface area contributed by atoms with Crippen molar-refractivity contribution in [3.8, 4) is 0 Å². The van der Waals surface area contributed by atoms with E-state index in [1.807, 2.05) is 0 Å². The number of halogens is 1. The number of carbonyl (C=O) groups is 2. The second-order valence-electron chi connectivity index (χ2n) is 4.88. The van der Waals surface area contributed by atoms with Crippen LogP contribution in [0.25, 0.3) is 6.08 Å². The molecule has 5 nitrogen and oxygen atoms in total. The van der Waals surface area contributed by atoms with Gasteiger partial charge in [0.25, 0.3) is 0 Å². The van der Waals surface area contributed by atoms with Gasteiger partial charge in [-0.25, -0.2) is 9.18 Å². The minimum absolute atomic E-state index is 0.121. The number of urea groups is 1. The van der Waals surface area contributed by atoms with Crippen molar-refractivity contribution < 1.29 is 14.0 Å². The van der Waals surface area contributed by atoms with Crippen LogP contribution in [-0.2, 0) is 4.79 Å². The summed E-state index contributed by atoms with van der Waals surface area (Å²) in [6, 6.07) is 5.40. The van der Waals surface area contributed by atoms with Gasteiger partial charge in [-0.2, -0.15) is 0 Å². The van der Waals surface area contributed by atoms with Gasteiger partial charge in [-0.05, 0) is 49.7 Å². The maximum Gasteiger partial charge on any atom is 0.325 e. The monoisotopic (exact) mass is 291 g/mol. The molecule has 0 aliphatic carbocycles. The van der Waals surface area contributed by atoms with Crippen LogP contribution < -0.4 is 16.0 Å². The molecule has 1 fully saturated rings. The summed E-state index contributed by atoms with van der Waals surface area (Å²) >= 11 is 0. The first-order valence-corrected chi connectivity index (χ1v) is 6.89. The first-order chi connectivity index (χ1) is 10.1. The standard InChI is InChI=1S/C15H18FN3O2/c16-13-3-1-2-11(10-13)4-9-18-15(21)19-14(20)12-5-7-17-8-6-12/h1-4,9-10,12,17H,5-8H2,(H2,18,19,20,21)/b9-4+. The molecule has 3 amide bonds. The fourth-order valence-corrected chi connectivity index (χ4v) is 2.16. The zero-order valence-corrected chi connectivity index (χ0v) is 11.6. The number of carbonyl (C=O) groups excluding carboxylic acids is 2. The highest BCUT2D eigenvalue weighted by molar-refractivity contribution is 5.96. The molecule has 21 heavy (non-hydrogen) atoms. The van der Waals surface area contributed by atoms with Crippen molar-refractivity contribution >= 4 is 18.0 Å². The Bertz CT molecular complexity index is 539. The second kappa shape index (κ2) is 7.54. The van der Waals surface area contributed by atoms with Gasteiger partial charge in [0.1, 0.15) is 5.82 Å². The fourth-order valence-electron chi connectivity index (χ4n) is 2.16. The highest BCUT2D eigenvalue weighted by Gasteiger charge is 2.21. The molecule has 0 saturated carbocycles.